The van der Waals surface area contributed by atoms with Crippen molar-refractivity contribution in [2.45, 2.75) is 32.7 Å². The zero-order valence-corrected chi connectivity index (χ0v) is 10.4. The summed E-state index contributed by atoms with van der Waals surface area (Å²) >= 11 is 0. The van der Waals surface area contributed by atoms with E-state index in [0.717, 1.165) is 12.4 Å². The van der Waals surface area contributed by atoms with Crippen LogP contribution < -0.4 is 5.32 Å². The molecule has 2 heterocycles. The molecule has 1 fully saturated rings. The number of hydrogen-bond acceptors (Lipinski definition) is 6. The Morgan fingerprint density at radius 3 is 2.67 bits per heavy atom. The van der Waals surface area contributed by atoms with Gasteiger partial charge in [0, 0.05) is 12.6 Å². The molecule has 0 aliphatic carbocycles. The van der Waals surface area contributed by atoms with E-state index in [2.05, 4.69) is 10.2 Å². The van der Waals surface area contributed by atoms with Gasteiger partial charge in [-0.05, 0) is 19.9 Å². The van der Waals surface area contributed by atoms with Crippen molar-refractivity contribution in [2.75, 3.05) is 6.54 Å². The minimum absolute atomic E-state index is 0.234. The Morgan fingerprint density at radius 1 is 1.39 bits per heavy atom. The maximum Gasteiger partial charge on any atom is 0.330 e. The molecule has 0 bridgehead atoms. The summed E-state index contributed by atoms with van der Waals surface area (Å²) < 4.78 is 9.81. The third kappa shape index (κ3) is 2.64. The molecule has 18 heavy (non-hydrogen) atoms. The molecule has 1 saturated heterocycles. The van der Waals surface area contributed by atoms with E-state index in [-0.39, 0.29) is 12.5 Å². The number of likely N-dealkylation sites (N-methyl/N-ethyl adjacent to an activating group) is 1. The van der Waals surface area contributed by atoms with Gasteiger partial charge >= 0.3 is 18.4 Å². The predicted octanol–water partition coefficient (Wildman–Crippen LogP) is 0.471. The Balaban J connectivity index is 2.04. The summed E-state index contributed by atoms with van der Waals surface area (Å²) in [7, 11) is 0. The number of nitrogens with zero attached hydrogens (tertiary/aromatic N) is 1. The average molecular weight is 252 g/mol. The highest BCUT2D eigenvalue weighted by Gasteiger charge is 2.29. The third-order valence-corrected chi connectivity index (χ3v) is 2.82. The van der Waals surface area contributed by atoms with Crippen molar-refractivity contribution in [3.8, 4) is 0 Å². The number of ether oxygens (including phenoxy) is 2. The van der Waals surface area contributed by atoms with Gasteiger partial charge < -0.3 is 19.7 Å². The van der Waals surface area contributed by atoms with Crippen LogP contribution in [0.1, 0.15) is 20.3 Å². The SMILES string of the molecule is CCN1C(NC2OC(=O)CC(=O)O2)=CC=CC1C. The van der Waals surface area contributed by atoms with Crippen molar-refractivity contribution in [2.24, 2.45) is 0 Å². The molecule has 0 aromatic heterocycles. The van der Waals surface area contributed by atoms with Crippen LogP contribution in [-0.2, 0) is 19.1 Å². The number of hydrogen-bond donors (Lipinski definition) is 1. The van der Waals surface area contributed by atoms with E-state index < -0.39 is 18.4 Å². The molecule has 1 atom stereocenters. The van der Waals surface area contributed by atoms with E-state index in [1.165, 1.54) is 0 Å². The summed E-state index contributed by atoms with van der Waals surface area (Å²) in [6.45, 7) is 4.86. The van der Waals surface area contributed by atoms with E-state index in [4.69, 9.17) is 9.47 Å². The van der Waals surface area contributed by atoms with Crippen LogP contribution in [0.25, 0.3) is 0 Å². The van der Waals surface area contributed by atoms with Crippen LogP contribution in [0.2, 0.25) is 0 Å². The molecule has 0 spiro atoms. The Labute approximate surface area is 105 Å². The van der Waals surface area contributed by atoms with Crippen LogP contribution in [0.4, 0.5) is 0 Å². The van der Waals surface area contributed by atoms with Gasteiger partial charge in [-0.25, -0.2) is 0 Å². The first-order valence-corrected chi connectivity index (χ1v) is 5.90. The lowest BCUT2D eigenvalue weighted by atomic mass is 10.2. The topological polar surface area (TPSA) is 67.9 Å². The standard InChI is InChI=1S/C12H16N2O4/c1-3-14-8(2)5-4-6-9(14)13-12-17-10(15)7-11(16)18-12/h4-6,8,12-13H,3,7H2,1-2H3. The summed E-state index contributed by atoms with van der Waals surface area (Å²) in [4.78, 5) is 24.3. The molecular formula is C12H16N2O4. The van der Waals surface area contributed by atoms with E-state index in [0.29, 0.717) is 0 Å². The molecular weight excluding hydrogens is 236 g/mol. The van der Waals surface area contributed by atoms with Crippen molar-refractivity contribution in [3.63, 3.8) is 0 Å². The van der Waals surface area contributed by atoms with E-state index in [1.807, 2.05) is 32.1 Å². The fraction of sp³-hybridized carbons (Fsp3) is 0.500. The molecule has 0 radical (unpaired) electrons. The molecule has 2 aliphatic heterocycles. The number of carbonyl (C=O) groups is 2. The van der Waals surface area contributed by atoms with Crippen LogP contribution in [0, 0.1) is 0 Å². The quantitative estimate of drug-likeness (QED) is 0.582. The van der Waals surface area contributed by atoms with Gasteiger partial charge in [0.2, 0.25) is 0 Å². The molecule has 0 saturated carbocycles. The van der Waals surface area contributed by atoms with E-state index >= 15 is 0 Å². The minimum atomic E-state index is -1.04. The lowest BCUT2D eigenvalue weighted by Crippen LogP contribution is -2.47. The van der Waals surface area contributed by atoms with Crippen molar-refractivity contribution < 1.29 is 19.1 Å². The summed E-state index contributed by atoms with van der Waals surface area (Å²) in [5.41, 5.74) is 0. The second kappa shape index (κ2) is 5.12. The van der Waals surface area contributed by atoms with Gasteiger partial charge in [-0.15, -0.1) is 0 Å². The van der Waals surface area contributed by atoms with Gasteiger partial charge in [0.05, 0.1) is 0 Å². The Morgan fingerprint density at radius 2 is 2.06 bits per heavy atom. The number of nitrogens with one attached hydrogen (secondary N) is 1. The monoisotopic (exact) mass is 252 g/mol. The largest absolute Gasteiger partial charge is 0.406 e. The molecule has 6 heteroatoms. The normalized spacial score (nSPS) is 24.4. The zero-order valence-electron chi connectivity index (χ0n) is 10.4. The van der Waals surface area contributed by atoms with E-state index in [1.54, 1.807) is 0 Å². The van der Waals surface area contributed by atoms with Gasteiger partial charge in [-0.3, -0.25) is 9.59 Å². The number of allylic oxidation sites excluding steroid dienone is 2. The fourth-order valence-corrected chi connectivity index (χ4v) is 1.96. The highest BCUT2D eigenvalue weighted by atomic mass is 16.7. The Bertz CT molecular complexity index is 400. The van der Waals surface area contributed by atoms with Gasteiger partial charge in [-0.2, -0.15) is 0 Å². The molecule has 0 aromatic carbocycles. The maximum absolute atomic E-state index is 11.1. The Hall–Kier alpha value is -1.98. The first kappa shape index (κ1) is 12.5. The fourth-order valence-electron chi connectivity index (χ4n) is 1.96. The van der Waals surface area contributed by atoms with Gasteiger partial charge in [0.15, 0.2) is 0 Å². The van der Waals surface area contributed by atoms with Crippen molar-refractivity contribution in [1.29, 1.82) is 0 Å². The Kier molecular flexibility index (Phi) is 3.55. The molecule has 0 aromatic rings. The minimum Gasteiger partial charge on any atom is -0.406 e. The lowest BCUT2D eigenvalue weighted by Gasteiger charge is -2.35. The number of carbonyl (C=O) groups excluding carboxylic acids is 2. The average Bonchev–Trinajstić information content (AvgIpc) is 2.27. The van der Waals surface area contributed by atoms with Gasteiger partial charge in [0.25, 0.3) is 0 Å². The summed E-state index contributed by atoms with van der Waals surface area (Å²) in [5.74, 6) is -0.390. The van der Waals surface area contributed by atoms with Gasteiger partial charge in [0.1, 0.15) is 12.2 Å². The number of cyclic esters (lactones) is 2. The highest BCUT2D eigenvalue weighted by molar-refractivity contribution is 5.92. The molecule has 98 valence electrons. The van der Waals surface area contributed by atoms with Crippen molar-refractivity contribution >= 4 is 11.9 Å². The maximum atomic E-state index is 11.1. The summed E-state index contributed by atoms with van der Waals surface area (Å²) in [6, 6.07) is 0.234. The van der Waals surface area contributed by atoms with E-state index in [9.17, 15) is 9.59 Å². The summed E-state index contributed by atoms with van der Waals surface area (Å²) in [6.07, 6.45) is 4.43. The first-order valence-electron chi connectivity index (χ1n) is 5.90. The van der Waals surface area contributed by atoms with Crippen LogP contribution >= 0.6 is 0 Å². The smallest absolute Gasteiger partial charge is 0.330 e. The third-order valence-electron chi connectivity index (χ3n) is 2.82. The predicted molar refractivity (Wildman–Crippen MR) is 62.8 cm³/mol. The van der Waals surface area contributed by atoms with Crippen LogP contribution in [0.5, 0.6) is 0 Å². The first-order chi connectivity index (χ1) is 8.60. The number of rotatable bonds is 3. The van der Waals surface area contributed by atoms with Crippen LogP contribution in [-0.4, -0.2) is 35.8 Å². The molecule has 2 rings (SSSR count). The van der Waals surface area contributed by atoms with Gasteiger partial charge in [-0.1, -0.05) is 12.2 Å². The second-order valence-electron chi connectivity index (χ2n) is 4.10. The second-order valence-corrected chi connectivity index (χ2v) is 4.10. The van der Waals surface area contributed by atoms with Crippen molar-refractivity contribution in [1.82, 2.24) is 10.2 Å². The molecule has 1 N–H and O–H groups in total. The molecule has 2 aliphatic rings. The van der Waals surface area contributed by atoms with Crippen molar-refractivity contribution in [3.05, 3.63) is 24.0 Å². The van der Waals surface area contributed by atoms with Crippen LogP contribution in [0.15, 0.2) is 24.0 Å². The molecule has 6 nitrogen and oxygen atoms in total. The molecule has 1 unspecified atom stereocenters. The zero-order chi connectivity index (χ0) is 13.1. The summed E-state index contributed by atoms with van der Waals surface area (Å²) in [5, 5.41) is 2.90. The van der Waals surface area contributed by atoms with Crippen LogP contribution in [0.3, 0.4) is 0 Å². The molecule has 0 amide bonds. The highest BCUT2D eigenvalue weighted by Crippen LogP contribution is 2.15. The lowest BCUT2D eigenvalue weighted by molar-refractivity contribution is -0.208. The number of esters is 2.